The van der Waals surface area contributed by atoms with E-state index in [2.05, 4.69) is 104 Å². The molecule has 0 amide bonds. The Morgan fingerprint density at radius 3 is 2.11 bits per heavy atom. The van der Waals surface area contributed by atoms with Crippen LogP contribution in [0.2, 0.25) is 0 Å². The largest absolute Gasteiger partial charge is 0.512 e. The van der Waals surface area contributed by atoms with E-state index in [1.807, 2.05) is 47.7 Å². The molecule has 1 radical (unpaired) electrons. The molecule has 5 rings (SSSR count). The number of carbonyl (C=O) groups is 1. The number of rotatable bonds is 9. The van der Waals surface area contributed by atoms with Crippen molar-refractivity contribution < 1.29 is 30.0 Å². The first-order chi connectivity index (χ1) is 21.8. The number of ketones is 1. The van der Waals surface area contributed by atoms with Gasteiger partial charge in [-0.3, -0.25) is 9.78 Å². The minimum Gasteiger partial charge on any atom is -0.512 e. The molecule has 0 atom stereocenters. The van der Waals surface area contributed by atoms with Crippen LogP contribution >= 0.6 is 11.3 Å². The molecule has 0 unspecified atom stereocenters. The number of fused-ring (bicyclic) bond motifs is 2. The summed E-state index contributed by atoms with van der Waals surface area (Å²) < 4.78 is 1.31. The number of pyridine rings is 1. The van der Waals surface area contributed by atoms with Gasteiger partial charge in [-0.05, 0) is 71.2 Å². The van der Waals surface area contributed by atoms with Crippen LogP contribution < -0.4 is 0 Å². The monoisotopic (exact) mass is 825 g/mol. The zero-order valence-electron chi connectivity index (χ0n) is 29.5. The molecule has 0 aliphatic rings. The van der Waals surface area contributed by atoms with Gasteiger partial charge in [-0.15, -0.1) is 40.5 Å². The summed E-state index contributed by atoms with van der Waals surface area (Å²) in [5.74, 6) is 0.286. The maximum Gasteiger partial charge on any atom is 0.164 e. The topological polar surface area (TPSA) is 50.2 Å². The van der Waals surface area contributed by atoms with Crippen LogP contribution in [0.5, 0.6) is 0 Å². The average molecular weight is 825 g/mol. The third-order valence-corrected chi connectivity index (χ3v) is 10.9. The molecule has 47 heavy (non-hydrogen) atoms. The molecule has 2 aromatic heterocycles. The average Bonchev–Trinajstić information content (AvgIpc) is 3.55. The van der Waals surface area contributed by atoms with Crippen molar-refractivity contribution >= 4 is 38.0 Å². The minimum atomic E-state index is -0.337. The number of benzene rings is 3. The summed E-state index contributed by atoms with van der Waals surface area (Å²) in [6.07, 6.45) is 6.66. The Hall–Kier alpha value is -3.11. The summed E-state index contributed by atoms with van der Waals surface area (Å²) in [6.45, 7) is 18.9. The normalized spacial score (nSPS) is 12.4. The summed E-state index contributed by atoms with van der Waals surface area (Å²) >= 11 is 1.78. The van der Waals surface area contributed by atoms with Gasteiger partial charge in [0.2, 0.25) is 0 Å². The molecular formula is C42H50IrNO2S-. The molecule has 5 aromatic rings. The van der Waals surface area contributed by atoms with Crippen molar-refractivity contribution in [2.45, 2.75) is 93.4 Å². The van der Waals surface area contributed by atoms with E-state index < -0.39 is 0 Å². The van der Waals surface area contributed by atoms with Crippen LogP contribution in [0.4, 0.5) is 0 Å². The van der Waals surface area contributed by atoms with E-state index in [0.717, 1.165) is 42.3 Å². The molecule has 2 heterocycles. The molecule has 1 N–H and O–H groups in total. The molecule has 0 saturated carbocycles. The fourth-order valence-electron chi connectivity index (χ4n) is 5.56. The van der Waals surface area contributed by atoms with Crippen LogP contribution in [0.15, 0.2) is 90.1 Å². The van der Waals surface area contributed by atoms with Crippen LogP contribution in [0.3, 0.4) is 0 Å². The van der Waals surface area contributed by atoms with Crippen LogP contribution in [-0.4, -0.2) is 15.9 Å². The maximum absolute atomic E-state index is 12.2. The van der Waals surface area contributed by atoms with Gasteiger partial charge in [0.1, 0.15) is 5.76 Å². The molecule has 0 aliphatic heterocycles. The van der Waals surface area contributed by atoms with Gasteiger partial charge < -0.3 is 5.11 Å². The number of thiophene rings is 1. The van der Waals surface area contributed by atoms with Crippen molar-refractivity contribution in [1.82, 2.24) is 4.98 Å². The van der Waals surface area contributed by atoms with Crippen molar-refractivity contribution in [3.63, 3.8) is 0 Å². The fraction of sp³-hybridized carbons (Fsp3) is 0.381. The van der Waals surface area contributed by atoms with Crippen molar-refractivity contribution in [3.05, 3.63) is 102 Å². The van der Waals surface area contributed by atoms with Crippen molar-refractivity contribution in [2.75, 3.05) is 0 Å². The van der Waals surface area contributed by atoms with Gasteiger partial charge in [0.15, 0.2) is 5.78 Å². The van der Waals surface area contributed by atoms with Gasteiger partial charge in [0.25, 0.3) is 0 Å². The van der Waals surface area contributed by atoms with E-state index in [0.29, 0.717) is 0 Å². The van der Waals surface area contributed by atoms with E-state index in [1.165, 1.54) is 38.2 Å². The molecule has 5 heteroatoms. The Morgan fingerprint density at radius 1 is 0.830 bits per heavy atom. The smallest absolute Gasteiger partial charge is 0.164 e. The second-order valence-corrected chi connectivity index (χ2v) is 14.9. The SMILES string of the molecule is CC(C)(C)c1cc(-c2cc(-c3ccc4ccsc4c3)ccn2)[c-]c2ccccc12.CCC(C)(CC)C(=O)/C=C(\O)C(C)(CC)CC.[Ir]. The van der Waals surface area contributed by atoms with Crippen LogP contribution in [0.25, 0.3) is 43.2 Å². The molecule has 0 aliphatic carbocycles. The van der Waals surface area contributed by atoms with Gasteiger partial charge in [-0.1, -0.05) is 110 Å². The first kappa shape index (κ1) is 38.3. The molecule has 0 fully saturated rings. The third kappa shape index (κ3) is 8.68. The summed E-state index contributed by atoms with van der Waals surface area (Å²) in [7, 11) is 0. The van der Waals surface area contributed by atoms with Gasteiger partial charge in [0, 0.05) is 53.6 Å². The van der Waals surface area contributed by atoms with Gasteiger partial charge in [-0.25, -0.2) is 0 Å². The van der Waals surface area contributed by atoms with E-state index in [4.69, 9.17) is 0 Å². The number of nitrogens with zero attached hydrogens (tertiary/aromatic N) is 1. The summed E-state index contributed by atoms with van der Waals surface area (Å²) in [6, 6.07) is 27.5. The Balaban J connectivity index is 0.000000290. The Kier molecular flexibility index (Phi) is 12.9. The maximum atomic E-state index is 12.2. The van der Waals surface area contributed by atoms with Gasteiger partial charge in [0.05, 0.1) is 0 Å². The predicted octanol–water partition coefficient (Wildman–Crippen LogP) is 12.5. The van der Waals surface area contributed by atoms with Crippen molar-refractivity contribution in [1.29, 1.82) is 0 Å². The number of hydrogen-bond acceptors (Lipinski definition) is 4. The number of aliphatic hydroxyl groups is 1. The Bertz CT molecular complexity index is 1840. The molecule has 0 spiro atoms. The summed E-state index contributed by atoms with van der Waals surface area (Å²) in [5.41, 5.74) is 5.19. The Labute approximate surface area is 299 Å². The van der Waals surface area contributed by atoms with Crippen molar-refractivity contribution in [3.8, 4) is 22.4 Å². The van der Waals surface area contributed by atoms with E-state index in [1.54, 1.807) is 11.3 Å². The molecule has 251 valence electrons. The van der Waals surface area contributed by atoms with Crippen LogP contribution in [-0.2, 0) is 30.3 Å². The van der Waals surface area contributed by atoms with E-state index in [-0.39, 0.29) is 47.9 Å². The second-order valence-electron chi connectivity index (χ2n) is 13.9. The van der Waals surface area contributed by atoms with Crippen molar-refractivity contribution in [2.24, 2.45) is 10.8 Å². The number of allylic oxidation sites excluding steroid dienone is 2. The molecule has 0 saturated heterocycles. The van der Waals surface area contributed by atoms with E-state index >= 15 is 0 Å². The fourth-order valence-corrected chi connectivity index (χ4v) is 6.39. The molecule has 3 aromatic carbocycles. The first-order valence-corrected chi connectivity index (χ1v) is 17.5. The van der Waals surface area contributed by atoms with E-state index in [9.17, 15) is 9.90 Å². The minimum absolute atomic E-state index is 0. The first-order valence-electron chi connectivity index (χ1n) is 16.6. The summed E-state index contributed by atoms with van der Waals surface area (Å²) in [4.78, 5) is 16.9. The zero-order chi connectivity index (χ0) is 33.7. The third-order valence-electron chi connectivity index (χ3n) is 10.0. The quantitative estimate of drug-likeness (QED) is 0.0915. The zero-order valence-corrected chi connectivity index (χ0v) is 32.7. The number of hydrogen-bond donors (Lipinski definition) is 1. The molecule has 0 bridgehead atoms. The predicted molar refractivity (Wildman–Crippen MR) is 199 cm³/mol. The number of aliphatic hydroxyl groups excluding tert-OH is 1. The molecule has 3 nitrogen and oxygen atoms in total. The standard InChI is InChI=1S/C27H22NS.C15H28O2.Ir/c1-27(2,3)24-15-22(14-21-6-4-5-7-23(21)24)25-16-20(10-12-28-25)19-9-8-18-11-13-29-26(18)17-19;1-7-14(5,8-2)12(16)11-13(17)15(6,9-3)10-4;/h4-13,15-17H,1-3H3;11,16H,7-10H2,1-6H3;/q-1;;/b;12-11-;. The number of carbonyl (C=O) groups excluding carboxylic acids is 1. The van der Waals surface area contributed by atoms with Crippen LogP contribution in [0, 0.1) is 16.9 Å². The van der Waals surface area contributed by atoms with Gasteiger partial charge in [-0.2, -0.15) is 0 Å². The Morgan fingerprint density at radius 2 is 1.47 bits per heavy atom. The number of aromatic nitrogens is 1. The van der Waals surface area contributed by atoms with Crippen LogP contribution in [0.1, 0.15) is 93.6 Å². The summed E-state index contributed by atoms with van der Waals surface area (Å²) in [5, 5.41) is 16.0. The molecular weight excluding hydrogens is 775 g/mol. The second kappa shape index (κ2) is 15.9. The van der Waals surface area contributed by atoms with Gasteiger partial charge >= 0.3 is 0 Å².